The fraction of sp³-hybridized carbons (Fsp3) is 0.500. The Hall–Kier alpha value is 1.30. The van der Waals surface area contributed by atoms with Crippen LogP contribution in [0.2, 0.25) is 0 Å². The van der Waals surface area contributed by atoms with Crippen molar-refractivity contribution in [2.24, 2.45) is 0 Å². The molecule has 0 aromatic heterocycles. The van der Waals surface area contributed by atoms with Crippen LogP contribution in [0.4, 0.5) is 0 Å². The molecule has 0 aliphatic heterocycles. The standard InChI is InChI=1S/2C2HCl3O2.Rh/c2*3-2(4,5)1(6)7;/h2*(H,6,7);/q;;+2/p-2. The molecule has 0 saturated heterocycles. The summed E-state index contributed by atoms with van der Waals surface area (Å²) in [6.07, 6.45) is 0. The SMILES string of the molecule is O=C([O-])C(Cl)(Cl)Cl.O=C([O-])C(Cl)(Cl)Cl.[Rh+2]. The van der Waals surface area contributed by atoms with Crippen LogP contribution in [0.1, 0.15) is 0 Å². The van der Waals surface area contributed by atoms with Gasteiger partial charge in [0.25, 0.3) is 0 Å². The topological polar surface area (TPSA) is 80.3 Å². The fourth-order valence-electron chi connectivity index (χ4n) is 0. The van der Waals surface area contributed by atoms with Gasteiger partial charge in [-0.25, -0.2) is 0 Å². The number of carbonyl (C=O) groups excluding carboxylic acids is 2. The monoisotopic (exact) mass is 425 g/mol. The van der Waals surface area contributed by atoms with Crippen LogP contribution in [-0.2, 0) is 29.1 Å². The summed E-state index contributed by atoms with van der Waals surface area (Å²) in [6, 6.07) is 0. The van der Waals surface area contributed by atoms with Crippen molar-refractivity contribution in [2.45, 2.75) is 7.59 Å². The number of halogens is 6. The number of carboxylic acid groups (broad SMARTS) is 2. The van der Waals surface area contributed by atoms with E-state index in [0.717, 1.165) is 0 Å². The normalized spacial score (nSPS) is 10.5. The van der Waals surface area contributed by atoms with Gasteiger partial charge in [-0.1, -0.05) is 69.6 Å². The third-order valence-electron chi connectivity index (χ3n) is 0.463. The van der Waals surface area contributed by atoms with E-state index in [9.17, 15) is 19.8 Å². The molecule has 0 rings (SSSR count). The zero-order chi connectivity index (χ0) is 12.2. The van der Waals surface area contributed by atoms with Crippen LogP contribution in [0.25, 0.3) is 0 Å². The van der Waals surface area contributed by atoms with E-state index in [1.807, 2.05) is 0 Å². The summed E-state index contributed by atoms with van der Waals surface area (Å²) in [5, 5.41) is 19.0. The minimum absolute atomic E-state index is 0. The van der Waals surface area contributed by atoms with Crippen molar-refractivity contribution >= 4 is 81.5 Å². The average Bonchev–Trinajstić information content (AvgIpc) is 1.83. The summed E-state index contributed by atoms with van der Waals surface area (Å²) < 4.78 is -4.56. The van der Waals surface area contributed by atoms with Crippen LogP contribution in [0.5, 0.6) is 0 Å². The number of carbonyl (C=O) groups is 2. The first-order chi connectivity index (χ1) is 5.89. The van der Waals surface area contributed by atoms with E-state index in [-0.39, 0.29) is 19.5 Å². The molecule has 0 bridgehead atoms. The van der Waals surface area contributed by atoms with Gasteiger partial charge >= 0.3 is 19.5 Å². The third-order valence-corrected chi connectivity index (χ3v) is 1.39. The summed E-state index contributed by atoms with van der Waals surface area (Å²) in [4.78, 5) is 19.0. The number of hydrogen-bond donors (Lipinski definition) is 0. The quantitative estimate of drug-likeness (QED) is 0.409. The van der Waals surface area contributed by atoms with Crippen LogP contribution in [-0.4, -0.2) is 19.5 Å². The molecule has 0 aliphatic carbocycles. The Morgan fingerprint density at radius 3 is 0.800 bits per heavy atom. The second kappa shape index (κ2) is 8.40. The molecule has 0 aromatic carbocycles. The number of alkyl halides is 6. The van der Waals surface area contributed by atoms with E-state index in [0.29, 0.717) is 0 Å². The van der Waals surface area contributed by atoms with Crippen molar-refractivity contribution in [3.05, 3.63) is 0 Å². The fourth-order valence-corrected chi connectivity index (χ4v) is 0. The van der Waals surface area contributed by atoms with Gasteiger partial charge < -0.3 is 19.8 Å². The Labute approximate surface area is 127 Å². The first-order valence-electron chi connectivity index (χ1n) is 2.45. The second-order valence-electron chi connectivity index (χ2n) is 1.57. The van der Waals surface area contributed by atoms with E-state index < -0.39 is 19.5 Å². The number of hydrogen-bond acceptors (Lipinski definition) is 4. The molecule has 0 amide bonds. The Morgan fingerprint density at radius 1 is 0.733 bits per heavy atom. The summed E-state index contributed by atoms with van der Waals surface area (Å²) in [7, 11) is 0. The molecule has 0 fully saturated rings. The Morgan fingerprint density at radius 2 is 0.800 bits per heavy atom. The van der Waals surface area contributed by atoms with E-state index in [1.54, 1.807) is 0 Å². The Bertz CT molecular complexity index is 196. The maximum Gasteiger partial charge on any atom is 2.00 e. The van der Waals surface area contributed by atoms with E-state index in [2.05, 4.69) is 0 Å². The summed E-state index contributed by atoms with van der Waals surface area (Å²) in [5.41, 5.74) is 0. The Balaban J connectivity index is -0.000000180. The van der Waals surface area contributed by atoms with Gasteiger partial charge in [0.1, 0.15) is 0 Å². The molecule has 91 valence electrons. The molecule has 1 radical (unpaired) electrons. The molecule has 0 aliphatic rings. The van der Waals surface area contributed by atoms with E-state index >= 15 is 0 Å². The molecule has 0 aromatic rings. The van der Waals surface area contributed by atoms with Crippen molar-refractivity contribution < 1.29 is 39.3 Å². The molecule has 4 nitrogen and oxygen atoms in total. The summed E-state index contributed by atoms with van der Waals surface area (Å²) >= 11 is 28.4. The van der Waals surface area contributed by atoms with Gasteiger partial charge in [0.2, 0.25) is 7.59 Å². The molecule has 0 heterocycles. The number of aliphatic carboxylic acids is 2. The van der Waals surface area contributed by atoms with Crippen LogP contribution < -0.4 is 10.2 Å². The van der Waals surface area contributed by atoms with Crippen LogP contribution in [0, 0.1) is 0 Å². The molecule has 0 spiro atoms. The maximum absolute atomic E-state index is 9.51. The molecular formula is C4Cl6O4Rh. The molecular weight excluding hydrogens is 428 g/mol. The van der Waals surface area contributed by atoms with Gasteiger partial charge in [-0.3, -0.25) is 0 Å². The maximum atomic E-state index is 9.51. The van der Waals surface area contributed by atoms with Gasteiger partial charge in [0.15, 0.2) is 0 Å². The average molecular weight is 428 g/mol. The predicted molar refractivity (Wildman–Crippen MR) is 50.6 cm³/mol. The van der Waals surface area contributed by atoms with E-state index in [4.69, 9.17) is 69.6 Å². The second-order valence-corrected chi connectivity index (χ2v) is 6.13. The van der Waals surface area contributed by atoms with Gasteiger partial charge in [-0.2, -0.15) is 0 Å². The minimum atomic E-state index is -2.28. The van der Waals surface area contributed by atoms with Crippen LogP contribution in [0.15, 0.2) is 0 Å². The molecule has 11 heteroatoms. The molecule has 0 N–H and O–H groups in total. The van der Waals surface area contributed by atoms with Gasteiger partial charge in [-0.15, -0.1) is 0 Å². The summed E-state index contributed by atoms with van der Waals surface area (Å²) in [6.45, 7) is 0. The smallest absolute Gasteiger partial charge is 0.545 e. The first-order valence-corrected chi connectivity index (χ1v) is 4.72. The zero-order valence-corrected chi connectivity index (χ0v) is 12.4. The Kier molecular flexibility index (Phi) is 12.1. The molecule has 0 saturated carbocycles. The van der Waals surface area contributed by atoms with Crippen LogP contribution in [0.3, 0.4) is 0 Å². The van der Waals surface area contributed by atoms with Gasteiger partial charge in [-0.05, 0) is 0 Å². The summed E-state index contributed by atoms with van der Waals surface area (Å²) in [5.74, 6) is -3.42. The molecule has 0 atom stereocenters. The van der Waals surface area contributed by atoms with Crippen LogP contribution >= 0.6 is 69.6 Å². The third kappa shape index (κ3) is 15.3. The van der Waals surface area contributed by atoms with Gasteiger partial charge in [0, 0.05) is 0 Å². The first kappa shape index (κ1) is 21.6. The molecule has 0 unspecified atom stereocenters. The van der Waals surface area contributed by atoms with Crippen molar-refractivity contribution in [1.29, 1.82) is 0 Å². The van der Waals surface area contributed by atoms with E-state index in [1.165, 1.54) is 0 Å². The van der Waals surface area contributed by atoms with Crippen molar-refractivity contribution in [3.8, 4) is 0 Å². The van der Waals surface area contributed by atoms with Crippen molar-refractivity contribution in [2.75, 3.05) is 0 Å². The van der Waals surface area contributed by atoms with Crippen molar-refractivity contribution in [1.82, 2.24) is 0 Å². The number of carboxylic acids is 2. The van der Waals surface area contributed by atoms with Crippen molar-refractivity contribution in [3.63, 3.8) is 0 Å². The number of rotatable bonds is 0. The molecule has 15 heavy (non-hydrogen) atoms. The van der Waals surface area contributed by atoms with Gasteiger partial charge in [0.05, 0.1) is 11.9 Å². The largest absolute Gasteiger partial charge is 2.00 e. The minimum Gasteiger partial charge on any atom is -0.545 e. The predicted octanol–water partition coefficient (Wildman–Crippen LogP) is 0.210. The zero-order valence-electron chi connectivity index (χ0n) is 6.23.